The zero-order valence-electron chi connectivity index (χ0n) is 40.3. The van der Waals surface area contributed by atoms with Crippen LogP contribution in [0.4, 0.5) is 52.1 Å². The maximum atomic E-state index is 13.8. The molecule has 0 unspecified atom stereocenters. The molecule has 6 N–H and O–H groups in total. The number of nitrogens with zero attached hydrogens (tertiary/aromatic N) is 9. The third kappa shape index (κ3) is 13.2. The van der Waals surface area contributed by atoms with E-state index in [1.54, 1.807) is 94.1 Å². The number of aromatic nitrogens is 7. The fourth-order valence-electron chi connectivity index (χ4n) is 7.80. The molecule has 366 valence electrons. The average molecular weight is 986 g/mol. The predicted molar refractivity (Wildman–Crippen MR) is 275 cm³/mol. The van der Waals surface area contributed by atoms with Crippen LogP contribution in [0.3, 0.4) is 0 Å². The van der Waals surface area contributed by atoms with Crippen molar-refractivity contribution in [2.24, 2.45) is 0 Å². The second-order valence-corrected chi connectivity index (χ2v) is 22.3. The second-order valence-electron chi connectivity index (χ2n) is 18.9. The highest BCUT2D eigenvalue weighted by Gasteiger charge is 2.30. The van der Waals surface area contributed by atoms with Gasteiger partial charge in [0.25, 0.3) is 0 Å². The first-order valence-corrected chi connectivity index (χ1v) is 25.7. The van der Waals surface area contributed by atoms with Gasteiger partial charge in [0.2, 0.25) is 31.9 Å². The summed E-state index contributed by atoms with van der Waals surface area (Å²) in [6.07, 6.45) is 8.81. The van der Waals surface area contributed by atoms with Crippen molar-refractivity contribution in [3.05, 3.63) is 139 Å². The van der Waals surface area contributed by atoms with E-state index in [1.165, 1.54) is 0 Å². The van der Waals surface area contributed by atoms with Crippen molar-refractivity contribution < 1.29 is 16.8 Å². The third-order valence-corrected chi connectivity index (χ3v) is 14.5. The van der Waals surface area contributed by atoms with Crippen molar-refractivity contribution in [2.45, 2.75) is 75.9 Å². The van der Waals surface area contributed by atoms with E-state index in [0.717, 1.165) is 28.2 Å². The lowest BCUT2D eigenvalue weighted by Crippen LogP contribution is -2.55. The number of hydrogen-bond donors (Lipinski definition) is 6. The minimum atomic E-state index is -3.90. The number of anilines is 9. The van der Waals surface area contributed by atoms with E-state index in [9.17, 15) is 16.8 Å². The molecule has 4 aromatic heterocycles. The molecule has 21 heteroatoms. The molecule has 0 spiro atoms. The van der Waals surface area contributed by atoms with Crippen LogP contribution in [0.5, 0.6) is 0 Å². The maximum Gasteiger partial charge on any atom is 0.241 e. The van der Waals surface area contributed by atoms with Gasteiger partial charge in [-0.3, -0.25) is 9.58 Å². The lowest BCUT2D eigenvalue weighted by molar-refractivity contribution is 0.205. The molecule has 0 radical (unpaired) electrons. The van der Waals surface area contributed by atoms with E-state index >= 15 is 0 Å². The van der Waals surface area contributed by atoms with E-state index in [0.29, 0.717) is 79.9 Å². The number of pyridine rings is 1. The van der Waals surface area contributed by atoms with Gasteiger partial charge in [0.1, 0.15) is 17.5 Å². The van der Waals surface area contributed by atoms with Gasteiger partial charge in [-0.05, 0) is 121 Å². The van der Waals surface area contributed by atoms with Gasteiger partial charge in [0, 0.05) is 96.8 Å². The van der Waals surface area contributed by atoms with Gasteiger partial charge in [-0.1, -0.05) is 24.3 Å². The van der Waals surface area contributed by atoms with Crippen molar-refractivity contribution in [1.29, 1.82) is 0 Å². The topological polar surface area (TPSA) is 229 Å². The smallest absolute Gasteiger partial charge is 0.241 e. The molecule has 0 aliphatic carbocycles. The van der Waals surface area contributed by atoms with Crippen molar-refractivity contribution in [2.75, 3.05) is 58.9 Å². The van der Waals surface area contributed by atoms with Gasteiger partial charge < -0.3 is 26.2 Å². The Bertz CT molecular complexity index is 3140. The predicted octanol–water partition coefficient (Wildman–Crippen LogP) is 7.45. The summed E-state index contributed by atoms with van der Waals surface area (Å²) in [5.41, 5.74) is 3.93. The standard InChI is InChI=1S/C49H59N15O4S2/c1-34-29-51-46(56-37-17-15-36(16-18-37)32-64-22-10-21-53-64)58-44(34)55-39-12-9-14-42(28-39)70(67,68)61-49(6,7)33-62-23-25-63(26-24-62)43-20-19-40(31-50-43)57-47-52-30-35(2)45(59-47)54-38-11-8-13-41(27-38)69(65,66)60-48(3,4)5/h8-22,27-31,60-61H,23-26,32-33H2,1-7H3,(H2,51,55,56,58)(H2,52,54,57,59). The first-order valence-electron chi connectivity index (χ1n) is 22.8. The number of aryl methyl sites for hydroxylation is 2. The molecule has 3 aromatic carbocycles. The van der Waals surface area contributed by atoms with E-state index in [2.05, 4.69) is 65.5 Å². The van der Waals surface area contributed by atoms with Crippen molar-refractivity contribution >= 4 is 72.1 Å². The molecule has 0 saturated carbocycles. The van der Waals surface area contributed by atoms with Gasteiger partial charge in [-0.15, -0.1) is 0 Å². The highest BCUT2D eigenvalue weighted by atomic mass is 32.2. The number of piperazine rings is 1. The number of sulfonamides is 2. The van der Waals surface area contributed by atoms with E-state index in [-0.39, 0.29) is 9.79 Å². The summed E-state index contributed by atoms with van der Waals surface area (Å²) in [5.74, 6) is 2.63. The fraction of sp³-hybridized carbons (Fsp3) is 0.306. The van der Waals surface area contributed by atoms with Crippen molar-refractivity contribution in [3.63, 3.8) is 0 Å². The molecule has 7 aromatic rings. The third-order valence-electron chi connectivity index (χ3n) is 11.0. The molecule has 1 saturated heterocycles. The Labute approximate surface area is 409 Å². The van der Waals surface area contributed by atoms with Gasteiger partial charge >= 0.3 is 0 Å². The van der Waals surface area contributed by atoms with Crippen LogP contribution in [-0.2, 0) is 26.6 Å². The molecule has 70 heavy (non-hydrogen) atoms. The highest BCUT2D eigenvalue weighted by molar-refractivity contribution is 7.89. The van der Waals surface area contributed by atoms with Crippen LogP contribution in [-0.4, -0.2) is 100 Å². The molecule has 1 aliphatic heterocycles. The zero-order valence-corrected chi connectivity index (χ0v) is 41.9. The molecule has 0 amide bonds. The zero-order chi connectivity index (χ0) is 49.7. The van der Waals surface area contributed by atoms with Crippen LogP contribution in [0.25, 0.3) is 0 Å². The van der Waals surface area contributed by atoms with Crippen LogP contribution in [0.15, 0.2) is 132 Å². The molecule has 1 fully saturated rings. The first kappa shape index (κ1) is 49.4. The molecule has 8 rings (SSSR count). The Balaban J connectivity index is 0.820. The van der Waals surface area contributed by atoms with Crippen molar-refractivity contribution in [3.8, 4) is 0 Å². The van der Waals surface area contributed by atoms with Gasteiger partial charge in [0.15, 0.2) is 0 Å². The minimum absolute atomic E-state index is 0.135. The summed E-state index contributed by atoms with van der Waals surface area (Å²) in [5, 5.41) is 17.3. The number of hydrogen-bond acceptors (Lipinski definition) is 16. The number of nitrogens with one attached hydrogen (secondary N) is 6. The van der Waals surface area contributed by atoms with Crippen LogP contribution in [0.1, 0.15) is 51.3 Å². The molecule has 5 heterocycles. The highest BCUT2D eigenvalue weighted by Crippen LogP contribution is 2.27. The minimum Gasteiger partial charge on any atom is -0.354 e. The summed E-state index contributed by atoms with van der Waals surface area (Å²) in [6, 6.07) is 27.0. The Morgan fingerprint density at radius 1 is 0.586 bits per heavy atom. The Kier molecular flexibility index (Phi) is 14.5. The molecular weight excluding hydrogens is 927 g/mol. The fourth-order valence-corrected chi connectivity index (χ4v) is 10.7. The van der Waals surface area contributed by atoms with E-state index in [4.69, 9.17) is 4.98 Å². The summed E-state index contributed by atoms with van der Waals surface area (Å²) in [7, 11) is -7.63. The SMILES string of the molecule is Cc1cnc(Nc2ccc(N3CCN(CC(C)(C)NS(=O)(=O)c4cccc(Nc5nc(Nc6ccc(Cn7cccn7)cc6)ncc5C)c4)CC3)nc2)nc1Nc1cccc(S(=O)(=O)NC(C)(C)C)c1. The molecule has 19 nitrogen and oxygen atoms in total. The maximum absolute atomic E-state index is 13.8. The summed E-state index contributed by atoms with van der Waals surface area (Å²) in [4.78, 5) is 27.7. The Morgan fingerprint density at radius 3 is 1.67 bits per heavy atom. The number of rotatable bonds is 18. The lowest BCUT2D eigenvalue weighted by Gasteiger charge is -2.39. The van der Waals surface area contributed by atoms with Crippen LogP contribution in [0, 0.1) is 13.8 Å². The molecular formula is C49H59N15O4S2. The van der Waals surface area contributed by atoms with Gasteiger partial charge in [-0.25, -0.2) is 41.2 Å². The Morgan fingerprint density at radius 2 is 1.14 bits per heavy atom. The van der Waals surface area contributed by atoms with E-state index in [1.807, 2.05) is 81.0 Å². The summed E-state index contributed by atoms with van der Waals surface area (Å²) < 4.78 is 61.1. The van der Waals surface area contributed by atoms with Crippen LogP contribution >= 0.6 is 0 Å². The van der Waals surface area contributed by atoms with Gasteiger partial charge in [0.05, 0.1) is 28.2 Å². The summed E-state index contributed by atoms with van der Waals surface area (Å²) >= 11 is 0. The lowest BCUT2D eigenvalue weighted by atomic mass is 10.1. The summed E-state index contributed by atoms with van der Waals surface area (Å²) in [6.45, 7) is 16.9. The van der Waals surface area contributed by atoms with E-state index < -0.39 is 31.1 Å². The van der Waals surface area contributed by atoms with Crippen LogP contribution < -0.4 is 35.6 Å². The average Bonchev–Trinajstić information content (AvgIpc) is 3.82. The van der Waals surface area contributed by atoms with Crippen molar-refractivity contribution in [1.82, 2.24) is 49.0 Å². The van der Waals surface area contributed by atoms with Gasteiger partial charge in [-0.2, -0.15) is 15.1 Å². The normalized spacial score (nSPS) is 13.8. The monoisotopic (exact) mass is 985 g/mol. The number of benzene rings is 3. The first-order chi connectivity index (χ1) is 33.2. The quantitative estimate of drug-likeness (QED) is 0.0490. The Hall–Kier alpha value is -7.04. The second kappa shape index (κ2) is 20.5. The largest absolute Gasteiger partial charge is 0.354 e. The molecule has 0 atom stereocenters. The molecule has 1 aliphatic rings. The van der Waals surface area contributed by atoms with Crippen LogP contribution in [0.2, 0.25) is 0 Å². The molecule has 0 bridgehead atoms.